The van der Waals surface area contributed by atoms with E-state index in [0.717, 1.165) is 28.4 Å². The lowest BCUT2D eigenvalue weighted by molar-refractivity contribution is 0.0957. The van der Waals surface area contributed by atoms with Crippen LogP contribution in [0.1, 0.15) is 35.9 Å². The zero-order valence-electron chi connectivity index (χ0n) is 22.4. The number of benzene rings is 2. The van der Waals surface area contributed by atoms with E-state index in [9.17, 15) is 14.0 Å². The molecule has 41 heavy (non-hydrogen) atoms. The molecule has 0 aliphatic rings. The Morgan fingerprint density at radius 3 is 2.49 bits per heavy atom. The van der Waals surface area contributed by atoms with Gasteiger partial charge in [-0.15, -0.1) is 12.4 Å². The second kappa shape index (κ2) is 12.4. The van der Waals surface area contributed by atoms with Gasteiger partial charge in [-0.05, 0) is 48.4 Å². The Balaban J connectivity index is 0.00000387. The number of anilines is 2. The quantitative estimate of drug-likeness (QED) is 0.209. The highest BCUT2D eigenvalue weighted by Crippen LogP contribution is 2.27. The highest BCUT2D eigenvalue weighted by Gasteiger charge is 2.16. The molecule has 10 nitrogen and oxygen atoms in total. The molecule has 0 fully saturated rings. The van der Waals surface area contributed by atoms with Gasteiger partial charge in [-0.1, -0.05) is 19.9 Å². The van der Waals surface area contributed by atoms with E-state index in [4.69, 9.17) is 4.74 Å². The maximum atomic E-state index is 14.9. The predicted molar refractivity (Wildman–Crippen MR) is 157 cm³/mol. The minimum absolute atomic E-state index is 0. The van der Waals surface area contributed by atoms with Crippen LogP contribution in [0.15, 0.2) is 79.1 Å². The number of rotatable bonds is 7. The summed E-state index contributed by atoms with van der Waals surface area (Å²) in [6, 6.07) is 17.6. The van der Waals surface area contributed by atoms with E-state index in [2.05, 4.69) is 31.0 Å². The molecular weight excluding hydrogens is 549 g/mol. The maximum absolute atomic E-state index is 14.9. The Labute approximate surface area is 241 Å². The molecule has 0 bridgehead atoms. The number of halogens is 2. The van der Waals surface area contributed by atoms with Crippen LogP contribution in [0.2, 0.25) is 0 Å². The Kier molecular flexibility index (Phi) is 8.78. The molecule has 0 radical (unpaired) electrons. The number of nitrogens with zero attached hydrogens (tertiary/aromatic N) is 4. The summed E-state index contributed by atoms with van der Waals surface area (Å²) in [6.07, 6.45) is 3.14. The maximum Gasteiger partial charge on any atom is 0.324 e. The number of hydrogen-bond donors (Lipinski definition) is 3. The van der Waals surface area contributed by atoms with Gasteiger partial charge in [-0.3, -0.25) is 20.1 Å². The molecule has 5 aromatic rings. The number of hydrogen-bond acceptors (Lipinski definition) is 6. The van der Waals surface area contributed by atoms with Crippen molar-refractivity contribution < 1.29 is 18.7 Å². The topological polar surface area (TPSA) is 123 Å². The number of carbonyl (C=O) groups is 2. The van der Waals surface area contributed by atoms with Crippen LogP contribution in [0.25, 0.3) is 16.6 Å². The van der Waals surface area contributed by atoms with Crippen molar-refractivity contribution in [3.8, 4) is 17.2 Å². The average molecular weight is 576 g/mol. The molecule has 5 rings (SSSR count). The van der Waals surface area contributed by atoms with Crippen LogP contribution in [0, 0.1) is 5.82 Å². The molecule has 210 valence electrons. The number of fused-ring (bicyclic) bond motifs is 1. The smallest absolute Gasteiger partial charge is 0.324 e. The second-order valence-corrected chi connectivity index (χ2v) is 9.18. The summed E-state index contributed by atoms with van der Waals surface area (Å²) >= 11 is 0. The molecule has 0 spiro atoms. The van der Waals surface area contributed by atoms with Crippen molar-refractivity contribution in [1.29, 1.82) is 0 Å². The largest absolute Gasteiger partial charge is 0.457 e. The van der Waals surface area contributed by atoms with Crippen molar-refractivity contribution >= 4 is 46.8 Å². The van der Waals surface area contributed by atoms with Gasteiger partial charge in [0.25, 0.3) is 5.91 Å². The molecule has 0 aliphatic carbocycles. The first-order valence-electron chi connectivity index (χ1n) is 12.5. The van der Waals surface area contributed by atoms with Crippen LogP contribution in [0.5, 0.6) is 11.5 Å². The zero-order chi connectivity index (χ0) is 28.2. The van der Waals surface area contributed by atoms with Crippen LogP contribution in [0.4, 0.5) is 20.7 Å². The van der Waals surface area contributed by atoms with E-state index in [0.29, 0.717) is 11.6 Å². The fraction of sp³-hybridized carbons (Fsp3) is 0.138. The molecule has 3 amide bonds. The summed E-state index contributed by atoms with van der Waals surface area (Å²) in [6.45, 7) is 4.01. The normalized spacial score (nSPS) is 10.7. The molecular formula is C29H27ClFN7O3. The molecule has 0 saturated carbocycles. The highest BCUT2D eigenvalue weighted by atomic mass is 35.5. The first kappa shape index (κ1) is 29.0. The number of amides is 3. The summed E-state index contributed by atoms with van der Waals surface area (Å²) in [5, 5.41) is 13.4. The van der Waals surface area contributed by atoms with Gasteiger partial charge < -0.3 is 15.4 Å². The number of nitrogens with one attached hydrogen (secondary N) is 3. The van der Waals surface area contributed by atoms with Crippen molar-refractivity contribution in [3.05, 3.63) is 96.3 Å². The highest BCUT2D eigenvalue weighted by molar-refractivity contribution is 5.99. The third kappa shape index (κ3) is 6.59. The minimum atomic E-state index is -0.702. The first-order chi connectivity index (χ1) is 19.3. The van der Waals surface area contributed by atoms with Crippen LogP contribution < -0.4 is 20.7 Å². The molecule has 0 atom stereocenters. The summed E-state index contributed by atoms with van der Waals surface area (Å²) in [5.41, 5.74) is 2.48. The first-order valence-corrected chi connectivity index (χ1v) is 12.5. The van der Waals surface area contributed by atoms with E-state index in [1.54, 1.807) is 23.0 Å². The van der Waals surface area contributed by atoms with Crippen LogP contribution in [-0.2, 0) is 0 Å². The van der Waals surface area contributed by atoms with Crippen LogP contribution in [-0.4, -0.2) is 38.7 Å². The fourth-order valence-electron chi connectivity index (χ4n) is 3.96. The predicted octanol–water partition coefficient (Wildman–Crippen LogP) is 6.30. The summed E-state index contributed by atoms with van der Waals surface area (Å²) in [7, 11) is 1.49. The SMILES string of the molecule is CNC(=O)c1cc(Oc2ccc(NC(=O)Nc3cc(C(C)C)nn3-c3ccc4ncccc4c3)c(F)c2)ccn1.Cl. The van der Waals surface area contributed by atoms with Gasteiger partial charge in [0.1, 0.15) is 28.8 Å². The monoisotopic (exact) mass is 575 g/mol. The number of urea groups is 1. The number of carbonyl (C=O) groups excluding carboxylic acids is 2. The van der Waals surface area contributed by atoms with Gasteiger partial charge in [0.15, 0.2) is 0 Å². The summed E-state index contributed by atoms with van der Waals surface area (Å²) in [4.78, 5) is 33.0. The Bertz CT molecular complexity index is 1720. The molecule has 3 aromatic heterocycles. The van der Waals surface area contributed by atoms with Crippen molar-refractivity contribution in [1.82, 2.24) is 25.1 Å². The van der Waals surface area contributed by atoms with Crippen molar-refractivity contribution in [2.24, 2.45) is 0 Å². The summed E-state index contributed by atoms with van der Waals surface area (Å²) < 4.78 is 22.2. The van der Waals surface area contributed by atoms with E-state index >= 15 is 0 Å². The third-order valence-electron chi connectivity index (χ3n) is 6.01. The summed E-state index contributed by atoms with van der Waals surface area (Å²) in [5.74, 6) is -0.0411. The molecule has 12 heteroatoms. The molecule has 0 aliphatic heterocycles. The zero-order valence-corrected chi connectivity index (χ0v) is 23.2. The third-order valence-corrected chi connectivity index (χ3v) is 6.01. The molecule has 3 N–H and O–H groups in total. The Morgan fingerprint density at radius 2 is 1.73 bits per heavy atom. The fourth-order valence-corrected chi connectivity index (χ4v) is 3.96. The lowest BCUT2D eigenvalue weighted by Gasteiger charge is -2.12. The molecule has 0 saturated heterocycles. The lowest BCUT2D eigenvalue weighted by atomic mass is 10.1. The minimum Gasteiger partial charge on any atom is -0.457 e. The number of ether oxygens (including phenoxy) is 1. The number of pyridine rings is 2. The van der Waals surface area contributed by atoms with Crippen molar-refractivity contribution in [2.45, 2.75) is 19.8 Å². The second-order valence-electron chi connectivity index (χ2n) is 9.18. The molecule has 2 aromatic carbocycles. The van der Waals surface area contributed by atoms with Gasteiger partial charge in [0.2, 0.25) is 0 Å². The van der Waals surface area contributed by atoms with Gasteiger partial charge in [-0.25, -0.2) is 13.9 Å². The van der Waals surface area contributed by atoms with E-state index < -0.39 is 11.8 Å². The van der Waals surface area contributed by atoms with E-state index in [-0.39, 0.29) is 41.4 Å². The molecule has 3 heterocycles. The van der Waals surface area contributed by atoms with Gasteiger partial charge in [0, 0.05) is 43.0 Å². The van der Waals surface area contributed by atoms with Crippen LogP contribution in [0.3, 0.4) is 0 Å². The van der Waals surface area contributed by atoms with Crippen molar-refractivity contribution in [3.63, 3.8) is 0 Å². The standard InChI is InChI=1S/C29H26FN7O3.ClH/c1-17(2)25-16-27(37(36-25)19-6-8-23-18(13-19)5-4-11-32-23)35-29(39)34-24-9-7-20(14-22(24)30)40-21-10-12-33-26(15-21)28(38)31-3;/h4-17H,1-3H3,(H,31,38)(H2,34,35,39);1H. The lowest BCUT2D eigenvalue weighted by Crippen LogP contribution is -2.22. The van der Waals surface area contributed by atoms with Gasteiger partial charge >= 0.3 is 6.03 Å². The Hall–Kier alpha value is -5.03. The Morgan fingerprint density at radius 1 is 0.927 bits per heavy atom. The van der Waals surface area contributed by atoms with Gasteiger partial charge in [0.05, 0.1) is 22.6 Å². The van der Waals surface area contributed by atoms with Crippen molar-refractivity contribution in [2.75, 3.05) is 17.7 Å². The average Bonchev–Trinajstić information content (AvgIpc) is 3.38. The van der Waals surface area contributed by atoms with E-state index in [1.165, 1.54) is 31.4 Å². The van der Waals surface area contributed by atoms with E-state index in [1.807, 2.05) is 44.2 Å². The van der Waals surface area contributed by atoms with Crippen LogP contribution >= 0.6 is 12.4 Å². The van der Waals surface area contributed by atoms with Gasteiger partial charge in [-0.2, -0.15) is 5.10 Å². The molecule has 0 unspecified atom stereocenters. The number of aromatic nitrogens is 4.